The first kappa shape index (κ1) is 35.0. The number of aromatic nitrogens is 3. The Labute approximate surface area is 363 Å². The molecule has 62 heavy (non-hydrogen) atoms. The van der Waals surface area contributed by atoms with Crippen molar-refractivity contribution in [2.24, 2.45) is 0 Å². The summed E-state index contributed by atoms with van der Waals surface area (Å²) in [6, 6.07) is 76.7. The van der Waals surface area contributed by atoms with Gasteiger partial charge in [-0.25, -0.2) is 15.0 Å². The Bertz CT molecular complexity index is 3520. The zero-order valence-corrected chi connectivity index (χ0v) is 34.3. The number of thiophene rings is 1. The van der Waals surface area contributed by atoms with E-state index >= 15 is 0 Å². The molecule has 0 saturated carbocycles. The average molecular weight is 806 g/mol. The summed E-state index contributed by atoms with van der Waals surface area (Å²) >= 11 is 1.85. The smallest absolute Gasteiger partial charge is 0.164 e. The Morgan fingerprint density at radius 3 is 1.45 bits per heavy atom. The topological polar surface area (TPSA) is 38.7 Å². The van der Waals surface area contributed by atoms with Gasteiger partial charge in [-0.1, -0.05) is 194 Å². The largest absolute Gasteiger partial charge is 0.208 e. The second-order valence-corrected chi connectivity index (χ2v) is 17.3. The predicted octanol–water partition coefficient (Wildman–Crippen LogP) is 14.9. The van der Waals surface area contributed by atoms with Crippen molar-refractivity contribution >= 4 is 31.5 Å². The minimum absolute atomic E-state index is 0.470. The number of hydrogen-bond donors (Lipinski definition) is 0. The average Bonchev–Trinajstić information content (AvgIpc) is 3.98. The lowest BCUT2D eigenvalue weighted by Crippen LogP contribution is -2.25. The molecule has 0 saturated heterocycles. The molecule has 0 atom stereocenters. The van der Waals surface area contributed by atoms with Gasteiger partial charge in [0.05, 0.1) is 5.41 Å². The van der Waals surface area contributed by atoms with Gasteiger partial charge in [-0.05, 0) is 85.0 Å². The fourth-order valence-electron chi connectivity index (χ4n) is 10.3. The fraction of sp³-hybridized carbons (Fsp3) is 0.0172. The summed E-state index contributed by atoms with van der Waals surface area (Å²) in [5, 5.41) is 2.61. The van der Waals surface area contributed by atoms with E-state index in [9.17, 15) is 0 Å². The van der Waals surface area contributed by atoms with Gasteiger partial charge < -0.3 is 0 Å². The molecule has 0 N–H and O–H groups in total. The van der Waals surface area contributed by atoms with E-state index in [2.05, 4.69) is 212 Å². The molecule has 2 aromatic heterocycles. The molecule has 288 valence electrons. The van der Waals surface area contributed by atoms with Gasteiger partial charge in [0.15, 0.2) is 17.5 Å². The van der Waals surface area contributed by atoms with E-state index in [1.165, 1.54) is 70.2 Å². The molecular formula is C58H35N3S. The van der Waals surface area contributed by atoms with Crippen molar-refractivity contribution in [3.8, 4) is 78.7 Å². The van der Waals surface area contributed by atoms with Gasteiger partial charge in [0.1, 0.15) is 0 Å². The molecule has 4 heteroatoms. The normalized spacial score (nSPS) is 13.0. The SMILES string of the molecule is c1ccc(-c2ccccc2-c2nc(-c3ccc(-c4ccc5c(c4)sc4ccccc45)cc3)nc(-c3ccc4c(c3)C3(c5ccccc5-c5ccccc53)c3ccccc3-4)n2)cc1. The summed E-state index contributed by atoms with van der Waals surface area (Å²) in [6.45, 7) is 0. The van der Waals surface area contributed by atoms with Crippen LogP contribution in [0, 0.1) is 0 Å². The van der Waals surface area contributed by atoms with Crippen LogP contribution >= 0.6 is 11.3 Å². The lowest BCUT2D eigenvalue weighted by atomic mass is 9.70. The quantitative estimate of drug-likeness (QED) is 0.174. The second-order valence-electron chi connectivity index (χ2n) is 16.3. The van der Waals surface area contributed by atoms with Crippen LogP contribution in [0.15, 0.2) is 212 Å². The van der Waals surface area contributed by atoms with Gasteiger partial charge in [0.25, 0.3) is 0 Å². The lowest BCUT2D eigenvalue weighted by Gasteiger charge is -2.30. The zero-order valence-electron chi connectivity index (χ0n) is 33.5. The molecule has 9 aromatic carbocycles. The van der Waals surface area contributed by atoms with Crippen molar-refractivity contribution in [1.29, 1.82) is 0 Å². The lowest BCUT2D eigenvalue weighted by molar-refractivity contribution is 0.794. The summed E-state index contributed by atoms with van der Waals surface area (Å²) in [7, 11) is 0. The molecule has 0 fully saturated rings. The Morgan fingerprint density at radius 2 is 0.758 bits per heavy atom. The van der Waals surface area contributed by atoms with Crippen molar-refractivity contribution in [3.63, 3.8) is 0 Å². The van der Waals surface area contributed by atoms with Crippen LogP contribution in [-0.4, -0.2) is 15.0 Å². The number of nitrogens with zero attached hydrogens (tertiary/aromatic N) is 3. The summed E-state index contributed by atoms with van der Waals surface area (Å²) in [4.78, 5) is 15.9. The third-order valence-electron chi connectivity index (χ3n) is 13.0. The van der Waals surface area contributed by atoms with Crippen LogP contribution in [0.25, 0.3) is 98.8 Å². The highest BCUT2D eigenvalue weighted by Gasteiger charge is 2.51. The maximum Gasteiger partial charge on any atom is 0.164 e. The fourth-order valence-corrected chi connectivity index (χ4v) is 11.4. The van der Waals surface area contributed by atoms with Crippen molar-refractivity contribution in [2.45, 2.75) is 5.41 Å². The van der Waals surface area contributed by atoms with Crippen molar-refractivity contribution in [1.82, 2.24) is 15.0 Å². The first-order chi connectivity index (χ1) is 30.7. The van der Waals surface area contributed by atoms with Gasteiger partial charge >= 0.3 is 0 Å². The van der Waals surface area contributed by atoms with Gasteiger partial charge in [-0.3, -0.25) is 0 Å². The second kappa shape index (κ2) is 13.6. The highest BCUT2D eigenvalue weighted by molar-refractivity contribution is 7.25. The Hall–Kier alpha value is -7.79. The van der Waals surface area contributed by atoms with E-state index in [0.717, 1.165) is 33.4 Å². The van der Waals surface area contributed by atoms with E-state index in [1.54, 1.807) is 0 Å². The third-order valence-corrected chi connectivity index (χ3v) is 14.1. The van der Waals surface area contributed by atoms with E-state index in [1.807, 2.05) is 11.3 Å². The molecule has 0 radical (unpaired) electrons. The minimum Gasteiger partial charge on any atom is -0.208 e. The van der Waals surface area contributed by atoms with Crippen LogP contribution < -0.4 is 0 Å². The van der Waals surface area contributed by atoms with Crippen LogP contribution in [0.5, 0.6) is 0 Å². The molecule has 1 spiro atoms. The molecule has 0 amide bonds. The van der Waals surface area contributed by atoms with Crippen molar-refractivity contribution in [2.75, 3.05) is 0 Å². The van der Waals surface area contributed by atoms with Crippen molar-refractivity contribution < 1.29 is 0 Å². The molecule has 2 aliphatic carbocycles. The molecule has 0 aliphatic heterocycles. The molecule has 2 aliphatic rings. The maximum atomic E-state index is 5.35. The molecule has 0 unspecified atom stereocenters. The minimum atomic E-state index is -0.470. The Morgan fingerprint density at radius 1 is 0.274 bits per heavy atom. The highest BCUT2D eigenvalue weighted by atomic mass is 32.1. The molecule has 0 bridgehead atoms. The first-order valence-corrected chi connectivity index (χ1v) is 21.9. The van der Waals surface area contributed by atoms with Crippen molar-refractivity contribution in [3.05, 3.63) is 235 Å². The number of rotatable bonds is 5. The molecule has 13 rings (SSSR count). The Kier molecular flexibility index (Phi) is 7.69. The van der Waals surface area contributed by atoms with Gasteiger partial charge in [0.2, 0.25) is 0 Å². The van der Waals surface area contributed by atoms with Crippen LogP contribution in [0.4, 0.5) is 0 Å². The van der Waals surface area contributed by atoms with Gasteiger partial charge in [-0.15, -0.1) is 11.3 Å². The highest BCUT2D eigenvalue weighted by Crippen LogP contribution is 2.63. The maximum absolute atomic E-state index is 5.35. The van der Waals surface area contributed by atoms with Crippen LogP contribution in [0.2, 0.25) is 0 Å². The summed E-state index contributed by atoms with van der Waals surface area (Å²) in [6.07, 6.45) is 0. The number of fused-ring (bicyclic) bond motifs is 13. The monoisotopic (exact) mass is 805 g/mol. The van der Waals surface area contributed by atoms with E-state index in [0.29, 0.717) is 17.5 Å². The van der Waals surface area contributed by atoms with E-state index in [4.69, 9.17) is 15.0 Å². The van der Waals surface area contributed by atoms with Gasteiger partial charge in [-0.2, -0.15) is 0 Å². The van der Waals surface area contributed by atoms with E-state index in [-0.39, 0.29) is 0 Å². The summed E-state index contributed by atoms with van der Waals surface area (Å²) in [5.74, 6) is 1.91. The first-order valence-electron chi connectivity index (χ1n) is 21.1. The van der Waals surface area contributed by atoms with Crippen LogP contribution in [0.1, 0.15) is 22.3 Å². The molecule has 2 heterocycles. The zero-order chi connectivity index (χ0) is 40.8. The summed E-state index contributed by atoms with van der Waals surface area (Å²) in [5.41, 5.74) is 17.2. The molecule has 3 nitrogen and oxygen atoms in total. The standard InChI is InChI=1S/C58H35N3S/c1-2-14-37(15-3-1)41-16-4-5-21-48(41)57-60-55(38-28-26-36(27-29-38)39-30-33-47-46-20-9-13-25-53(46)62-54(47)35-39)59-56(61-57)40-31-32-45-44-19-8-12-24-51(44)58(52(45)34-40)49-22-10-6-17-42(49)43-18-7-11-23-50(43)58/h1-35H. The Balaban J connectivity index is 0.990. The van der Waals surface area contributed by atoms with Gasteiger partial charge in [0, 0.05) is 36.9 Å². The van der Waals surface area contributed by atoms with Crippen LogP contribution in [-0.2, 0) is 5.41 Å². The molecular weight excluding hydrogens is 771 g/mol. The summed E-state index contributed by atoms with van der Waals surface area (Å²) < 4.78 is 2.60. The van der Waals surface area contributed by atoms with Crippen LogP contribution in [0.3, 0.4) is 0 Å². The molecule has 11 aromatic rings. The predicted molar refractivity (Wildman–Crippen MR) is 256 cm³/mol. The third kappa shape index (κ3) is 5.14. The number of benzene rings is 9. The number of hydrogen-bond acceptors (Lipinski definition) is 4. The van der Waals surface area contributed by atoms with E-state index < -0.39 is 5.41 Å².